The molecule has 0 saturated heterocycles. The van der Waals surface area contributed by atoms with Crippen LogP contribution >= 0.6 is 0 Å². The number of aromatic nitrogens is 2. The van der Waals surface area contributed by atoms with E-state index in [2.05, 4.69) is 10.3 Å². The molecule has 156 valence electrons. The molecule has 1 aliphatic heterocycles. The third-order valence-corrected chi connectivity index (χ3v) is 4.55. The molecule has 0 amide bonds. The monoisotopic (exact) mass is 408 g/mol. The topological polar surface area (TPSA) is 106 Å². The number of hydrogen-bond donors (Lipinski definition) is 1. The van der Waals surface area contributed by atoms with E-state index < -0.39 is 17.1 Å². The Labute approximate surface area is 174 Å². The summed E-state index contributed by atoms with van der Waals surface area (Å²) >= 11 is 0. The number of allylic oxidation sites excluding steroid dienone is 1. The second-order valence-corrected chi connectivity index (χ2v) is 7.89. The number of para-hydroxylation sites is 1. The predicted octanol–water partition coefficient (Wildman–Crippen LogP) is 3.06. The van der Waals surface area contributed by atoms with Crippen molar-refractivity contribution in [2.45, 2.75) is 45.8 Å². The van der Waals surface area contributed by atoms with Gasteiger partial charge in [0.05, 0.1) is 23.9 Å². The summed E-state index contributed by atoms with van der Waals surface area (Å²) in [6, 6.07) is 11.0. The predicted molar refractivity (Wildman–Crippen MR) is 112 cm³/mol. The van der Waals surface area contributed by atoms with Gasteiger partial charge in [0.25, 0.3) is 5.56 Å². The van der Waals surface area contributed by atoms with Gasteiger partial charge in [-0.2, -0.15) is 10.2 Å². The van der Waals surface area contributed by atoms with Crippen molar-refractivity contribution in [3.63, 3.8) is 0 Å². The van der Waals surface area contributed by atoms with E-state index in [0.29, 0.717) is 5.69 Å². The number of esters is 1. The average molecular weight is 408 g/mol. The molecule has 0 atom stereocenters. The molecule has 0 spiro atoms. The van der Waals surface area contributed by atoms with Crippen molar-refractivity contribution in [2.24, 2.45) is 0 Å². The quantitative estimate of drug-likeness (QED) is 0.775. The minimum absolute atomic E-state index is 0.00999. The van der Waals surface area contributed by atoms with Gasteiger partial charge in [0.1, 0.15) is 17.2 Å². The summed E-state index contributed by atoms with van der Waals surface area (Å²) < 4.78 is 12.3. The molecule has 8 nitrogen and oxygen atoms in total. The van der Waals surface area contributed by atoms with Crippen LogP contribution in [0.3, 0.4) is 0 Å². The maximum Gasteiger partial charge on any atom is 0.335 e. The van der Waals surface area contributed by atoms with Crippen molar-refractivity contribution in [3.8, 4) is 17.6 Å². The zero-order chi connectivity index (χ0) is 22.1. The second kappa shape index (κ2) is 8.03. The summed E-state index contributed by atoms with van der Waals surface area (Å²) in [4.78, 5) is 30.7. The minimum atomic E-state index is -0.885. The second-order valence-electron chi connectivity index (χ2n) is 7.89. The van der Waals surface area contributed by atoms with E-state index in [1.54, 1.807) is 38.1 Å². The molecule has 1 N–H and O–H groups in total. The van der Waals surface area contributed by atoms with Gasteiger partial charge < -0.3 is 14.8 Å². The number of fused-ring (bicyclic) bond motifs is 1. The zero-order valence-electron chi connectivity index (χ0n) is 17.6. The maximum atomic E-state index is 13.7. The van der Waals surface area contributed by atoms with E-state index in [-0.39, 0.29) is 41.0 Å². The van der Waals surface area contributed by atoms with Gasteiger partial charge in [-0.3, -0.25) is 4.79 Å². The molecule has 0 unspecified atom stereocenters. The van der Waals surface area contributed by atoms with Crippen molar-refractivity contribution in [1.29, 1.82) is 5.26 Å². The highest BCUT2D eigenvalue weighted by Gasteiger charge is 2.37. The smallest absolute Gasteiger partial charge is 0.335 e. The number of methoxy groups -OCH3 is 1. The van der Waals surface area contributed by atoms with Crippen LogP contribution in [0.15, 0.2) is 40.7 Å². The normalized spacial score (nSPS) is 15.0. The molecular formula is C22H24N4O4. The Hall–Kier alpha value is -3.60. The van der Waals surface area contributed by atoms with Crippen LogP contribution in [0, 0.1) is 11.3 Å². The first-order chi connectivity index (χ1) is 14.2. The Bertz CT molecular complexity index is 1110. The van der Waals surface area contributed by atoms with Gasteiger partial charge in [-0.05, 0) is 39.8 Å². The van der Waals surface area contributed by atoms with Gasteiger partial charge in [0, 0.05) is 12.5 Å². The highest BCUT2D eigenvalue weighted by molar-refractivity contribution is 6.02. The highest BCUT2D eigenvalue weighted by atomic mass is 16.5. The number of nitriles is 1. The lowest BCUT2D eigenvalue weighted by Gasteiger charge is -2.25. The van der Waals surface area contributed by atoms with Crippen LogP contribution in [0.2, 0.25) is 0 Å². The molecule has 3 rings (SSSR count). The molecule has 2 aromatic rings. The summed E-state index contributed by atoms with van der Waals surface area (Å²) in [6.45, 7) is 7.38. The first-order valence-corrected chi connectivity index (χ1v) is 9.58. The molecule has 0 bridgehead atoms. The number of anilines is 1. The molecule has 0 fully saturated rings. The zero-order valence-corrected chi connectivity index (χ0v) is 17.6. The fourth-order valence-corrected chi connectivity index (χ4v) is 3.34. The molecule has 1 aromatic heterocycles. The number of nitrogens with zero attached hydrogens (tertiary/aromatic N) is 3. The maximum absolute atomic E-state index is 13.7. The summed E-state index contributed by atoms with van der Waals surface area (Å²) in [5, 5.41) is 13.1. The molecule has 30 heavy (non-hydrogen) atoms. The van der Waals surface area contributed by atoms with Crippen LogP contribution in [0.25, 0.3) is 11.3 Å². The molecule has 1 aromatic carbocycles. The number of ether oxygens (including phenoxy) is 2. The van der Waals surface area contributed by atoms with E-state index >= 15 is 0 Å². The molecule has 0 radical (unpaired) electrons. The minimum Gasteiger partial charge on any atom is -0.471 e. The highest BCUT2D eigenvalue weighted by Crippen LogP contribution is 2.37. The SMILES string of the molecule is COC(=O)C1=C(C#N)c2c(nc(NC(C)C)n(-c3ccccc3)c2=O)OC(C)(C)C1. The Morgan fingerprint density at radius 2 is 2.00 bits per heavy atom. The lowest BCUT2D eigenvalue weighted by Crippen LogP contribution is -2.32. The van der Waals surface area contributed by atoms with Crippen LogP contribution in [0.4, 0.5) is 5.95 Å². The van der Waals surface area contributed by atoms with Crippen LogP contribution in [0.5, 0.6) is 5.88 Å². The van der Waals surface area contributed by atoms with E-state index in [9.17, 15) is 14.9 Å². The number of nitrogens with one attached hydrogen (secondary N) is 1. The summed E-state index contributed by atoms with van der Waals surface area (Å²) in [5.41, 5.74) is -0.870. The van der Waals surface area contributed by atoms with Gasteiger partial charge in [0.15, 0.2) is 0 Å². The van der Waals surface area contributed by atoms with E-state index in [4.69, 9.17) is 9.47 Å². The van der Waals surface area contributed by atoms with Crippen LogP contribution in [-0.2, 0) is 9.53 Å². The van der Waals surface area contributed by atoms with Gasteiger partial charge in [-0.1, -0.05) is 18.2 Å². The van der Waals surface area contributed by atoms with Crippen molar-refractivity contribution >= 4 is 17.5 Å². The number of hydrogen-bond acceptors (Lipinski definition) is 7. The molecular weight excluding hydrogens is 384 g/mol. The first-order valence-electron chi connectivity index (χ1n) is 9.58. The van der Waals surface area contributed by atoms with Crippen LogP contribution in [-0.4, -0.2) is 34.3 Å². The number of rotatable bonds is 4. The van der Waals surface area contributed by atoms with Gasteiger partial charge in [-0.25, -0.2) is 9.36 Å². The Morgan fingerprint density at radius 1 is 1.33 bits per heavy atom. The third kappa shape index (κ3) is 3.92. The summed E-state index contributed by atoms with van der Waals surface area (Å²) in [6.07, 6.45) is 0.0939. The lowest BCUT2D eigenvalue weighted by atomic mass is 9.94. The van der Waals surface area contributed by atoms with Crippen molar-refractivity contribution in [1.82, 2.24) is 9.55 Å². The van der Waals surface area contributed by atoms with Crippen LogP contribution < -0.4 is 15.6 Å². The van der Waals surface area contributed by atoms with Crippen molar-refractivity contribution in [2.75, 3.05) is 12.4 Å². The molecule has 8 heteroatoms. The van der Waals surface area contributed by atoms with Crippen molar-refractivity contribution in [3.05, 3.63) is 51.8 Å². The van der Waals surface area contributed by atoms with Gasteiger partial charge >= 0.3 is 5.97 Å². The number of carbonyl (C=O) groups is 1. The van der Waals surface area contributed by atoms with E-state index in [1.807, 2.05) is 26.0 Å². The average Bonchev–Trinajstić information content (AvgIpc) is 2.80. The Kier molecular flexibility index (Phi) is 5.65. The molecule has 1 aliphatic rings. The first kappa shape index (κ1) is 21.1. The third-order valence-electron chi connectivity index (χ3n) is 4.55. The Morgan fingerprint density at radius 3 is 2.57 bits per heavy atom. The molecule has 0 aliphatic carbocycles. The molecule has 2 heterocycles. The fraction of sp³-hybridized carbons (Fsp3) is 0.364. The summed E-state index contributed by atoms with van der Waals surface area (Å²) in [5.74, 6) is -0.378. The van der Waals surface area contributed by atoms with E-state index in [0.717, 1.165) is 0 Å². The summed E-state index contributed by atoms with van der Waals surface area (Å²) in [7, 11) is 1.24. The Balaban J connectivity index is 2.43. The van der Waals surface area contributed by atoms with Crippen LogP contribution in [0.1, 0.15) is 39.7 Å². The van der Waals surface area contributed by atoms with Gasteiger partial charge in [0.2, 0.25) is 11.8 Å². The number of carbonyl (C=O) groups excluding carboxylic acids is 1. The van der Waals surface area contributed by atoms with Gasteiger partial charge in [-0.15, -0.1) is 0 Å². The largest absolute Gasteiger partial charge is 0.471 e. The fourth-order valence-electron chi connectivity index (χ4n) is 3.34. The molecule has 0 saturated carbocycles. The standard InChI is InChI=1S/C22H24N4O4/c1-13(2)24-21-25-18-17(19(27)26(21)14-9-7-6-8-10-14)16(12-23)15(20(28)29-5)11-22(3,4)30-18/h6-10,13H,11H2,1-5H3,(H,24,25). The van der Waals surface area contributed by atoms with Crippen molar-refractivity contribution < 1.29 is 14.3 Å². The number of benzene rings is 1. The van der Waals surface area contributed by atoms with E-state index in [1.165, 1.54) is 11.7 Å². The lowest BCUT2D eigenvalue weighted by molar-refractivity contribution is -0.136.